The van der Waals surface area contributed by atoms with E-state index < -0.39 is 0 Å². The molecule has 1 heterocycles. The highest BCUT2D eigenvalue weighted by molar-refractivity contribution is 6.32. The Morgan fingerprint density at radius 1 is 1.41 bits per heavy atom. The Labute approximate surface area is 137 Å². The van der Waals surface area contributed by atoms with Gasteiger partial charge in [0.15, 0.2) is 5.96 Å². The number of hydrogen-bond donors (Lipinski definition) is 2. The summed E-state index contributed by atoms with van der Waals surface area (Å²) in [6.07, 6.45) is 2.49. The molecule has 0 spiro atoms. The minimum atomic E-state index is 0.259. The normalized spacial score (nSPS) is 18.3. The fourth-order valence-electron chi connectivity index (χ4n) is 2.22. The first-order valence-electron chi connectivity index (χ1n) is 7.80. The lowest BCUT2D eigenvalue weighted by molar-refractivity contribution is 0.117. The summed E-state index contributed by atoms with van der Waals surface area (Å²) in [7, 11) is 0. The van der Waals surface area contributed by atoms with Gasteiger partial charge in [0.1, 0.15) is 12.4 Å². The molecule has 2 rings (SSSR count). The van der Waals surface area contributed by atoms with Gasteiger partial charge < -0.3 is 20.1 Å². The van der Waals surface area contributed by atoms with Crippen molar-refractivity contribution < 1.29 is 9.47 Å². The molecule has 1 aliphatic rings. The van der Waals surface area contributed by atoms with Crippen molar-refractivity contribution in [1.82, 2.24) is 10.6 Å². The monoisotopic (exact) mass is 325 g/mol. The smallest absolute Gasteiger partial charge is 0.191 e. The molecule has 0 amide bonds. The molecule has 22 heavy (non-hydrogen) atoms. The number of nitrogens with one attached hydrogen (secondary N) is 2. The molecule has 1 fully saturated rings. The van der Waals surface area contributed by atoms with Gasteiger partial charge in [0.05, 0.1) is 24.2 Å². The molecule has 1 saturated heterocycles. The van der Waals surface area contributed by atoms with E-state index in [0.29, 0.717) is 30.5 Å². The third kappa shape index (κ3) is 5.73. The van der Waals surface area contributed by atoms with Gasteiger partial charge in [0.25, 0.3) is 0 Å². The van der Waals surface area contributed by atoms with Crippen molar-refractivity contribution in [3.05, 3.63) is 29.3 Å². The fourth-order valence-corrected chi connectivity index (χ4v) is 2.41. The Morgan fingerprint density at radius 3 is 3.00 bits per heavy atom. The molecule has 0 radical (unpaired) electrons. The summed E-state index contributed by atoms with van der Waals surface area (Å²) in [6.45, 7) is 5.60. The molecule has 5 nitrogen and oxygen atoms in total. The van der Waals surface area contributed by atoms with E-state index in [1.807, 2.05) is 31.2 Å². The van der Waals surface area contributed by atoms with Crippen LogP contribution in [-0.2, 0) is 4.74 Å². The van der Waals surface area contributed by atoms with Crippen molar-refractivity contribution in [2.24, 2.45) is 4.99 Å². The average molecular weight is 326 g/mol. The van der Waals surface area contributed by atoms with Crippen LogP contribution in [0.2, 0.25) is 5.02 Å². The third-order valence-electron chi connectivity index (χ3n) is 3.31. The van der Waals surface area contributed by atoms with Gasteiger partial charge in [-0.15, -0.1) is 0 Å². The zero-order valence-corrected chi connectivity index (χ0v) is 13.7. The highest BCUT2D eigenvalue weighted by Crippen LogP contribution is 2.22. The van der Waals surface area contributed by atoms with Gasteiger partial charge in [-0.05, 0) is 31.9 Å². The third-order valence-corrected chi connectivity index (χ3v) is 3.62. The highest BCUT2D eigenvalue weighted by Gasteiger charge is 2.14. The summed E-state index contributed by atoms with van der Waals surface area (Å²) < 4.78 is 11.2. The topological polar surface area (TPSA) is 54.9 Å². The Kier molecular flexibility index (Phi) is 7.33. The van der Waals surface area contributed by atoms with Crippen molar-refractivity contribution in [1.29, 1.82) is 0 Å². The summed E-state index contributed by atoms with van der Waals surface area (Å²) in [5.74, 6) is 1.49. The number of guanidine groups is 1. The number of hydrogen-bond acceptors (Lipinski definition) is 3. The van der Waals surface area contributed by atoms with Crippen LogP contribution in [0, 0.1) is 0 Å². The van der Waals surface area contributed by atoms with Crippen LogP contribution in [0.25, 0.3) is 0 Å². The van der Waals surface area contributed by atoms with E-state index in [9.17, 15) is 0 Å². The number of aliphatic imine (C=N–C) groups is 1. The maximum absolute atomic E-state index is 6.04. The molecule has 122 valence electrons. The summed E-state index contributed by atoms with van der Waals surface area (Å²) in [4.78, 5) is 4.55. The first-order chi connectivity index (χ1) is 10.8. The molecule has 1 aromatic rings. The number of rotatable bonds is 7. The molecular weight excluding hydrogens is 302 g/mol. The number of para-hydroxylation sites is 1. The number of benzene rings is 1. The van der Waals surface area contributed by atoms with E-state index in [4.69, 9.17) is 21.1 Å². The summed E-state index contributed by atoms with van der Waals surface area (Å²) >= 11 is 6.04. The molecule has 1 aliphatic heterocycles. The van der Waals surface area contributed by atoms with E-state index >= 15 is 0 Å². The predicted octanol–water partition coefficient (Wildman–Crippen LogP) is 2.45. The van der Waals surface area contributed by atoms with Crippen LogP contribution in [-0.4, -0.2) is 44.9 Å². The lowest BCUT2D eigenvalue weighted by atomic mass is 10.2. The van der Waals surface area contributed by atoms with Crippen molar-refractivity contribution in [2.45, 2.75) is 25.9 Å². The van der Waals surface area contributed by atoms with Gasteiger partial charge in [-0.2, -0.15) is 0 Å². The Hall–Kier alpha value is -1.46. The van der Waals surface area contributed by atoms with E-state index in [1.54, 1.807) is 0 Å². The van der Waals surface area contributed by atoms with Crippen LogP contribution in [0.3, 0.4) is 0 Å². The molecule has 0 bridgehead atoms. The summed E-state index contributed by atoms with van der Waals surface area (Å²) in [6, 6.07) is 7.47. The van der Waals surface area contributed by atoms with Crippen LogP contribution >= 0.6 is 11.6 Å². The first-order valence-corrected chi connectivity index (χ1v) is 8.18. The minimum Gasteiger partial charge on any atom is -0.490 e. The van der Waals surface area contributed by atoms with Crippen LogP contribution in [0.4, 0.5) is 0 Å². The molecule has 2 N–H and O–H groups in total. The summed E-state index contributed by atoms with van der Waals surface area (Å²) in [5.41, 5.74) is 0. The van der Waals surface area contributed by atoms with E-state index in [1.165, 1.54) is 0 Å². The average Bonchev–Trinajstić information content (AvgIpc) is 3.04. The fraction of sp³-hybridized carbons (Fsp3) is 0.562. The number of ether oxygens (including phenoxy) is 2. The minimum absolute atomic E-state index is 0.259. The van der Waals surface area contributed by atoms with Gasteiger partial charge >= 0.3 is 0 Å². The summed E-state index contributed by atoms with van der Waals surface area (Å²) in [5, 5.41) is 7.09. The molecule has 0 aliphatic carbocycles. The molecule has 6 heteroatoms. The maximum atomic E-state index is 6.04. The second kappa shape index (κ2) is 9.54. The van der Waals surface area contributed by atoms with Crippen LogP contribution in [0.15, 0.2) is 29.3 Å². The Morgan fingerprint density at radius 2 is 2.27 bits per heavy atom. The Balaban J connectivity index is 1.71. The molecule has 1 unspecified atom stereocenters. The van der Waals surface area contributed by atoms with Crippen molar-refractivity contribution >= 4 is 17.6 Å². The van der Waals surface area contributed by atoms with Crippen LogP contribution in [0.5, 0.6) is 5.75 Å². The predicted molar refractivity (Wildman–Crippen MR) is 89.9 cm³/mol. The second-order valence-electron chi connectivity index (χ2n) is 5.06. The van der Waals surface area contributed by atoms with E-state index in [2.05, 4.69) is 15.6 Å². The quantitative estimate of drug-likeness (QED) is 0.459. The molecule has 1 atom stereocenters. The van der Waals surface area contributed by atoms with E-state index in [-0.39, 0.29) is 6.10 Å². The second-order valence-corrected chi connectivity index (χ2v) is 5.47. The standard InChI is InChI=1S/C16H24ClN3O2/c1-2-18-16(20-12-13-6-5-10-21-13)19-9-11-22-15-8-4-3-7-14(15)17/h3-4,7-8,13H,2,5-6,9-12H2,1H3,(H2,18,19,20). The zero-order valence-electron chi connectivity index (χ0n) is 13.0. The lowest BCUT2D eigenvalue weighted by Crippen LogP contribution is -2.39. The van der Waals surface area contributed by atoms with Gasteiger partial charge in [0.2, 0.25) is 0 Å². The van der Waals surface area contributed by atoms with Crippen molar-refractivity contribution in [3.63, 3.8) is 0 Å². The number of nitrogens with zero attached hydrogens (tertiary/aromatic N) is 1. The number of halogens is 1. The van der Waals surface area contributed by atoms with Gasteiger partial charge in [0, 0.05) is 13.2 Å². The van der Waals surface area contributed by atoms with Crippen molar-refractivity contribution in [2.75, 3.05) is 32.8 Å². The van der Waals surface area contributed by atoms with Crippen molar-refractivity contribution in [3.8, 4) is 5.75 Å². The highest BCUT2D eigenvalue weighted by atomic mass is 35.5. The molecule has 0 saturated carbocycles. The van der Waals surface area contributed by atoms with E-state index in [0.717, 1.165) is 32.0 Å². The van der Waals surface area contributed by atoms with Gasteiger partial charge in [-0.1, -0.05) is 23.7 Å². The maximum Gasteiger partial charge on any atom is 0.191 e. The first kappa shape index (κ1) is 16.9. The SMILES string of the molecule is CCNC(=NCC1CCCO1)NCCOc1ccccc1Cl. The van der Waals surface area contributed by atoms with Crippen LogP contribution < -0.4 is 15.4 Å². The van der Waals surface area contributed by atoms with Gasteiger partial charge in [-0.25, -0.2) is 0 Å². The largest absolute Gasteiger partial charge is 0.490 e. The molecule has 1 aromatic carbocycles. The van der Waals surface area contributed by atoms with Crippen LogP contribution in [0.1, 0.15) is 19.8 Å². The molecule has 0 aromatic heterocycles. The Bertz CT molecular complexity index is 476. The lowest BCUT2D eigenvalue weighted by Gasteiger charge is -2.13. The zero-order chi connectivity index (χ0) is 15.6. The molecular formula is C16H24ClN3O2. The van der Waals surface area contributed by atoms with Gasteiger partial charge in [-0.3, -0.25) is 4.99 Å².